The first-order valence-corrected chi connectivity index (χ1v) is 13.5. The molecule has 5 rings (SSSR count). The van der Waals surface area contributed by atoms with Crippen molar-refractivity contribution in [3.63, 3.8) is 0 Å². The van der Waals surface area contributed by atoms with E-state index in [4.69, 9.17) is 0 Å². The number of carbonyl (C=O) groups is 1. The van der Waals surface area contributed by atoms with Gasteiger partial charge in [0, 0.05) is 46.5 Å². The van der Waals surface area contributed by atoms with Crippen molar-refractivity contribution < 1.29 is 19.7 Å². The fourth-order valence-corrected chi connectivity index (χ4v) is 4.79. The van der Waals surface area contributed by atoms with Gasteiger partial charge in [-0.05, 0) is 47.5 Å². The Morgan fingerprint density at radius 2 is 1.02 bits per heavy atom. The summed E-state index contributed by atoms with van der Waals surface area (Å²) in [7, 11) is 0. The average molecular weight is 581 g/mol. The Bertz CT molecular complexity index is 1870. The third-order valence-corrected chi connectivity index (χ3v) is 6.96. The third kappa shape index (κ3) is 6.19. The zero-order valence-corrected chi connectivity index (χ0v) is 23.2. The second kappa shape index (κ2) is 12.8. The van der Waals surface area contributed by atoms with Crippen LogP contribution in [-0.4, -0.2) is 20.7 Å². The minimum Gasteiger partial charge on any atom is -0.369 e. The number of benzene rings is 5. The summed E-state index contributed by atoms with van der Waals surface area (Å²) in [6.07, 6.45) is 0. The quantitative estimate of drug-likeness (QED) is 0.0685. The van der Waals surface area contributed by atoms with E-state index < -0.39 is 21.2 Å². The highest BCUT2D eigenvalue weighted by Gasteiger charge is 2.40. The molecule has 0 bridgehead atoms. The first-order valence-electron chi connectivity index (χ1n) is 13.5. The summed E-state index contributed by atoms with van der Waals surface area (Å²) >= 11 is 0. The lowest BCUT2D eigenvalue weighted by Crippen LogP contribution is -2.32. The van der Waals surface area contributed by atoms with E-state index >= 15 is 0 Å². The summed E-state index contributed by atoms with van der Waals surface area (Å²) in [5, 5.41) is 35.6. The van der Waals surface area contributed by atoms with Crippen LogP contribution in [0.15, 0.2) is 145 Å². The van der Waals surface area contributed by atoms with Crippen molar-refractivity contribution in [3.8, 4) is 11.8 Å². The zero-order valence-electron chi connectivity index (χ0n) is 23.2. The summed E-state index contributed by atoms with van der Waals surface area (Å²) in [5.74, 6) is 5.27. The number of Topliss-reactive ketones (excluding diaryl/α,β-unsaturated/α-hetero) is 1. The molecule has 0 aromatic heterocycles. The molecule has 1 N–H and O–H groups in total. The van der Waals surface area contributed by atoms with Crippen LogP contribution in [0.4, 0.5) is 11.4 Å². The van der Waals surface area contributed by atoms with Gasteiger partial charge in [-0.15, -0.1) is 0 Å². The minimum atomic E-state index is -2.30. The van der Waals surface area contributed by atoms with Gasteiger partial charge in [0.05, 0.1) is 15.4 Å². The highest BCUT2D eigenvalue weighted by molar-refractivity contribution is 6.17. The van der Waals surface area contributed by atoms with Crippen LogP contribution in [0.25, 0.3) is 5.57 Å². The molecule has 0 heterocycles. The van der Waals surface area contributed by atoms with Gasteiger partial charge < -0.3 is 5.11 Å². The maximum atomic E-state index is 14.7. The molecule has 0 amide bonds. The molecule has 0 saturated heterocycles. The van der Waals surface area contributed by atoms with Gasteiger partial charge >= 0.3 is 0 Å². The highest BCUT2D eigenvalue weighted by Crippen LogP contribution is 2.40. The van der Waals surface area contributed by atoms with Gasteiger partial charge in [-0.25, -0.2) is 0 Å². The monoisotopic (exact) mass is 580 g/mol. The molecule has 0 saturated carbocycles. The first-order chi connectivity index (χ1) is 21.3. The van der Waals surface area contributed by atoms with Crippen LogP contribution < -0.4 is 0 Å². The highest BCUT2D eigenvalue weighted by atomic mass is 16.6. The number of non-ortho nitro benzene ring substituents is 2. The predicted molar refractivity (Wildman–Crippen MR) is 167 cm³/mol. The van der Waals surface area contributed by atoms with Crippen molar-refractivity contribution >= 4 is 22.7 Å². The van der Waals surface area contributed by atoms with E-state index in [-0.39, 0.29) is 28.1 Å². The SMILES string of the molecule is O=C(C(=C(c1ccccc1)c1ccccc1)C(O)(C#Cc1ccccc1)c1ccc([N+](=O)[O-])cc1)c1ccc([N+](=O)[O-])cc1. The van der Waals surface area contributed by atoms with E-state index in [1.165, 1.54) is 48.5 Å². The zero-order chi connectivity index (χ0) is 31.1. The first kappa shape index (κ1) is 29.3. The van der Waals surface area contributed by atoms with Crippen LogP contribution in [0.1, 0.15) is 32.6 Å². The molecule has 0 fully saturated rings. The molecule has 5 aromatic rings. The van der Waals surface area contributed by atoms with Crippen LogP contribution in [-0.2, 0) is 5.60 Å². The summed E-state index contributed by atoms with van der Waals surface area (Å²) in [6.45, 7) is 0. The molecule has 1 unspecified atom stereocenters. The summed E-state index contributed by atoms with van der Waals surface area (Å²) in [4.78, 5) is 36.3. The van der Waals surface area contributed by atoms with Crippen molar-refractivity contribution in [2.45, 2.75) is 5.60 Å². The molecule has 0 radical (unpaired) electrons. The number of nitro benzene ring substituents is 2. The van der Waals surface area contributed by atoms with Gasteiger partial charge in [0.2, 0.25) is 0 Å². The van der Waals surface area contributed by atoms with E-state index in [0.29, 0.717) is 22.3 Å². The fourth-order valence-electron chi connectivity index (χ4n) is 4.79. The van der Waals surface area contributed by atoms with Gasteiger partial charge in [0.1, 0.15) is 0 Å². The number of hydrogen-bond donors (Lipinski definition) is 1. The Kier molecular flexibility index (Phi) is 8.52. The summed E-state index contributed by atoms with van der Waals surface area (Å²) < 4.78 is 0. The number of ketones is 1. The molecule has 44 heavy (non-hydrogen) atoms. The van der Waals surface area contributed by atoms with E-state index in [1.54, 1.807) is 72.8 Å². The largest absolute Gasteiger partial charge is 0.369 e. The standard InChI is InChI=1S/C36H24N2O6/c39-35(29-16-20-31(21-17-29)37(41)42)34(33(27-12-6-2-7-13-27)28-14-8-3-9-15-28)36(40,25-24-26-10-4-1-5-11-26)30-18-22-32(23-19-30)38(43)44/h1-23,40H. The van der Waals surface area contributed by atoms with Crippen molar-refractivity contribution in [1.82, 2.24) is 0 Å². The van der Waals surface area contributed by atoms with Gasteiger partial charge in [0.15, 0.2) is 11.4 Å². The van der Waals surface area contributed by atoms with Crippen molar-refractivity contribution in [2.24, 2.45) is 0 Å². The third-order valence-electron chi connectivity index (χ3n) is 6.96. The Hall–Kier alpha value is -6.17. The fraction of sp³-hybridized carbons (Fsp3) is 0.0278. The summed E-state index contributed by atoms with van der Waals surface area (Å²) in [5.41, 5.74) is -0.479. The van der Waals surface area contributed by atoms with Crippen LogP contribution in [0.5, 0.6) is 0 Å². The van der Waals surface area contributed by atoms with Gasteiger partial charge in [0.25, 0.3) is 11.4 Å². The summed E-state index contributed by atoms with van der Waals surface area (Å²) in [6, 6.07) is 37.2. The molecular weight excluding hydrogens is 556 g/mol. The second-order valence-electron chi connectivity index (χ2n) is 9.75. The van der Waals surface area contributed by atoms with E-state index in [2.05, 4.69) is 11.8 Å². The Morgan fingerprint density at radius 1 is 0.591 bits per heavy atom. The molecule has 0 aliphatic heterocycles. The van der Waals surface area contributed by atoms with Gasteiger partial charge in [-0.2, -0.15) is 0 Å². The number of aliphatic hydroxyl groups is 1. The molecule has 0 aliphatic carbocycles. The molecular formula is C36H24N2O6. The van der Waals surface area contributed by atoms with Crippen LogP contribution in [0.2, 0.25) is 0 Å². The predicted octanol–water partition coefficient (Wildman–Crippen LogP) is 7.13. The second-order valence-corrected chi connectivity index (χ2v) is 9.75. The Labute approximate surface area is 252 Å². The number of carbonyl (C=O) groups excluding carboxylic acids is 1. The van der Waals surface area contributed by atoms with Gasteiger partial charge in [-0.3, -0.25) is 25.0 Å². The number of nitro groups is 2. The smallest absolute Gasteiger partial charge is 0.269 e. The van der Waals surface area contributed by atoms with E-state index in [1.807, 2.05) is 18.2 Å². The van der Waals surface area contributed by atoms with E-state index in [9.17, 15) is 30.1 Å². The molecule has 0 spiro atoms. The number of hydrogen-bond acceptors (Lipinski definition) is 6. The Balaban J connectivity index is 1.89. The minimum absolute atomic E-state index is 0.0804. The lowest BCUT2D eigenvalue weighted by atomic mass is 9.76. The topological polar surface area (TPSA) is 124 Å². The van der Waals surface area contributed by atoms with Crippen LogP contribution >= 0.6 is 0 Å². The van der Waals surface area contributed by atoms with Crippen molar-refractivity contribution in [2.75, 3.05) is 0 Å². The lowest BCUT2D eigenvalue weighted by molar-refractivity contribution is -0.385. The van der Waals surface area contributed by atoms with Crippen molar-refractivity contribution in [1.29, 1.82) is 0 Å². The van der Waals surface area contributed by atoms with E-state index in [0.717, 1.165) is 0 Å². The van der Waals surface area contributed by atoms with Crippen LogP contribution in [0.3, 0.4) is 0 Å². The van der Waals surface area contributed by atoms with Gasteiger partial charge in [-0.1, -0.05) is 90.7 Å². The Morgan fingerprint density at radius 3 is 1.48 bits per heavy atom. The number of rotatable bonds is 8. The molecule has 5 aromatic carbocycles. The van der Waals surface area contributed by atoms with Crippen molar-refractivity contribution in [3.05, 3.63) is 193 Å². The molecule has 8 heteroatoms. The number of nitrogens with zero attached hydrogens (tertiary/aromatic N) is 2. The average Bonchev–Trinajstić information content (AvgIpc) is 3.07. The lowest BCUT2D eigenvalue weighted by Gasteiger charge is -2.29. The normalized spacial score (nSPS) is 11.8. The maximum Gasteiger partial charge on any atom is 0.269 e. The molecule has 214 valence electrons. The molecule has 8 nitrogen and oxygen atoms in total. The van der Waals surface area contributed by atoms with Crippen LogP contribution in [0, 0.1) is 32.1 Å². The maximum absolute atomic E-state index is 14.7. The molecule has 0 aliphatic rings. The molecule has 1 atom stereocenters.